The van der Waals surface area contributed by atoms with E-state index in [1.54, 1.807) is 0 Å². The van der Waals surface area contributed by atoms with Gasteiger partial charge in [0, 0.05) is 12.0 Å². The Hall–Kier alpha value is -1.84. The van der Waals surface area contributed by atoms with Gasteiger partial charge < -0.3 is 4.74 Å². The number of aryl methyl sites for hydroxylation is 1. The molecule has 112 valence electrons. The Kier molecular flexibility index (Phi) is 2.91. The number of nitrogens with zero attached hydrogens (tertiary/aromatic N) is 1. The van der Waals surface area contributed by atoms with Crippen LogP contribution in [0.3, 0.4) is 0 Å². The molecule has 0 aromatic heterocycles. The fraction of sp³-hybridized carbons (Fsp3) is 0.529. The number of fused-ring (bicyclic) bond motifs is 1. The van der Waals surface area contributed by atoms with Crippen molar-refractivity contribution in [1.29, 1.82) is 0 Å². The summed E-state index contributed by atoms with van der Waals surface area (Å²) in [7, 11) is 0. The summed E-state index contributed by atoms with van der Waals surface area (Å²) >= 11 is 0. The normalized spacial score (nSPS) is 27.5. The first-order valence-electron chi connectivity index (χ1n) is 7.34. The molecule has 0 bridgehead atoms. The second-order valence-corrected chi connectivity index (χ2v) is 7.18. The predicted octanol–water partition coefficient (Wildman–Crippen LogP) is 3.03. The zero-order chi connectivity index (χ0) is 15.4. The monoisotopic (exact) mass is 287 g/mol. The van der Waals surface area contributed by atoms with Crippen LogP contribution >= 0.6 is 0 Å². The maximum absolute atomic E-state index is 12.3. The summed E-state index contributed by atoms with van der Waals surface area (Å²) < 4.78 is 5.33. The van der Waals surface area contributed by atoms with Crippen LogP contribution in [0.1, 0.15) is 38.3 Å². The van der Waals surface area contributed by atoms with Gasteiger partial charge in [-0.1, -0.05) is 29.8 Å². The Balaban J connectivity index is 1.80. The molecule has 1 saturated heterocycles. The maximum Gasteiger partial charge on any atom is 0.417 e. The molecule has 1 aromatic rings. The van der Waals surface area contributed by atoms with Crippen molar-refractivity contribution in [3.63, 3.8) is 0 Å². The minimum atomic E-state index is -0.582. The first-order chi connectivity index (χ1) is 9.73. The van der Waals surface area contributed by atoms with Crippen LogP contribution in [0, 0.1) is 12.8 Å². The third-order valence-corrected chi connectivity index (χ3v) is 4.32. The molecular weight excluding hydrogens is 266 g/mol. The van der Waals surface area contributed by atoms with E-state index in [0.717, 1.165) is 12.0 Å². The maximum atomic E-state index is 12.3. The van der Waals surface area contributed by atoms with E-state index in [2.05, 4.69) is 24.3 Å². The minimum Gasteiger partial charge on any atom is -0.443 e. The summed E-state index contributed by atoms with van der Waals surface area (Å²) in [6, 6.07) is 8.25. The van der Waals surface area contributed by atoms with E-state index in [0.29, 0.717) is 6.54 Å². The average Bonchev–Trinajstić information content (AvgIpc) is 3.03. The van der Waals surface area contributed by atoms with Crippen LogP contribution in [0.2, 0.25) is 0 Å². The molecule has 0 spiro atoms. The van der Waals surface area contributed by atoms with Crippen molar-refractivity contribution in [2.45, 2.75) is 45.1 Å². The number of carbonyl (C=O) groups excluding carboxylic acids is 2. The second kappa shape index (κ2) is 4.33. The topological polar surface area (TPSA) is 46.6 Å². The van der Waals surface area contributed by atoms with E-state index in [4.69, 9.17) is 4.74 Å². The molecule has 4 heteroatoms. The molecule has 1 saturated carbocycles. The molecule has 1 heterocycles. The molecule has 0 radical (unpaired) electrons. The molecular formula is C17H21NO3. The lowest BCUT2D eigenvalue weighted by Crippen LogP contribution is -2.40. The Labute approximate surface area is 125 Å². The van der Waals surface area contributed by atoms with Crippen molar-refractivity contribution in [3.8, 4) is 0 Å². The molecule has 1 unspecified atom stereocenters. The van der Waals surface area contributed by atoms with Crippen LogP contribution < -0.4 is 0 Å². The van der Waals surface area contributed by atoms with E-state index in [1.807, 2.05) is 27.7 Å². The van der Waals surface area contributed by atoms with Gasteiger partial charge in [0.1, 0.15) is 5.60 Å². The summed E-state index contributed by atoms with van der Waals surface area (Å²) in [5.74, 6) is -0.155. The van der Waals surface area contributed by atoms with Gasteiger partial charge in [0.05, 0.1) is 5.92 Å². The highest BCUT2D eigenvalue weighted by atomic mass is 16.6. The van der Waals surface area contributed by atoms with Gasteiger partial charge in [-0.05, 0) is 39.7 Å². The smallest absolute Gasteiger partial charge is 0.417 e. The van der Waals surface area contributed by atoms with Crippen molar-refractivity contribution in [3.05, 3.63) is 35.4 Å². The van der Waals surface area contributed by atoms with Crippen molar-refractivity contribution in [2.24, 2.45) is 5.92 Å². The number of carbonyl (C=O) groups is 2. The Morgan fingerprint density at radius 1 is 1.29 bits per heavy atom. The van der Waals surface area contributed by atoms with E-state index < -0.39 is 11.7 Å². The molecule has 2 fully saturated rings. The van der Waals surface area contributed by atoms with Crippen molar-refractivity contribution >= 4 is 12.0 Å². The summed E-state index contributed by atoms with van der Waals surface area (Å²) in [6.07, 6.45) is 0.319. The number of hydrogen-bond donors (Lipinski definition) is 0. The number of ether oxygens (including phenoxy) is 1. The molecule has 2 amide bonds. The largest absolute Gasteiger partial charge is 0.443 e. The van der Waals surface area contributed by atoms with Crippen LogP contribution in [0.5, 0.6) is 0 Å². The fourth-order valence-electron chi connectivity index (χ4n) is 3.12. The molecule has 1 aromatic carbocycles. The number of likely N-dealkylation sites (tertiary alicyclic amines) is 1. The highest BCUT2D eigenvalue weighted by Gasteiger charge is 2.67. The lowest BCUT2D eigenvalue weighted by molar-refractivity contribution is -0.129. The second-order valence-electron chi connectivity index (χ2n) is 7.18. The molecule has 0 N–H and O–H groups in total. The molecule has 2 aliphatic rings. The van der Waals surface area contributed by atoms with Crippen molar-refractivity contribution in [2.75, 3.05) is 6.54 Å². The number of benzene rings is 1. The van der Waals surface area contributed by atoms with Crippen molar-refractivity contribution < 1.29 is 14.3 Å². The first kappa shape index (κ1) is 14.1. The van der Waals surface area contributed by atoms with Gasteiger partial charge in [0.25, 0.3) is 0 Å². The number of rotatable bonds is 1. The van der Waals surface area contributed by atoms with Crippen LogP contribution in [0.25, 0.3) is 0 Å². The Morgan fingerprint density at radius 3 is 2.48 bits per heavy atom. The number of amides is 2. The standard InChI is InChI=1S/C17H21NO3/c1-11-5-7-12(8-6-11)17-9-13(17)14(19)18(10-17)15(20)21-16(2,3)4/h5-8,13H,9-10H2,1-4H3/t13?,17-/m1/s1. The van der Waals surface area contributed by atoms with Crippen molar-refractivity contribution in [1.82, 2.24) is 4.90 Å². The lowest BCUT2D eigenvalue weighted by Gasteiger charge is -2.25. The first-order valence-corrected chi connectivity index (χ1v) is 7.34. The van der Waals surface area contributed by atoms with E-state index in [1.165, 1.54) is 10.5 Å². The zero-order valence-corrected chi connectivity index (χ0v) is 13.0. The summed E-state index contributed by atoms with van der Waals surface area (Å²) in [5, 5.41) is 0. The highest BCUT2D eigenvalue weighted by Crippen LogP contribution is 2.59. The van der Waals surface area contributed by atoms with Crippen LogP contribution in [0.15, 0.2) is 24.3 Å². The zero-order valence-electron chi connectivity index (χ0n) is 13.0. The van der Waals surface area contributed by atoms with Gasteiger partial charge in [-0.15, -0.1) is 0 Å². The Morgan fingerprint density at radius 2 is 1.90 bits per heavy atom. The number of imide groups is 1. The van der Waals surface area contributed by atoms with Crippen LogP contribution in [0.4, 0.5) is 4.79 Å². The summed E-state index contributed by atoms with van der Waals surface area (Å²) in [4.78, 5) is 25.8. The molecule has 21 heavy (non-hydrogen) atoms. The highest BCUT2D eigenvalue weighted by molar-refractivity contribution is 5.99. The lowest BCUT2D eigenvalue weighted by atomic mass is 9.94. The number of piperidine rings is 1. The van der Waals surface area contributed by atoms with Gasteiger partial charge in [0.2, 0.25) is 5.91 Å². The molecule has 4 nitrogen and oxygen atoms in total. The van der Waals surface area contributed by atoms with Gasteiger partial charge >= 0.3 is 6.09 Å². The van der Waals surface area contributed by atoms with Gasteiger partial charge in [-0.2, -0.15) is 0 Å². The SMILES string of the molecule is Cc1ccc([C@]23CC2C(=O)N(C(=O)OC(C)(C)C)C3)cc1. The van der Waals surface area contributed by atoms with E-state index in [9.17, 15) is 9.59 Å². The van der Waals surface area contributed by atoms with Gasteiger partial charge in [-0.25, -0.2) is 9.69 Å². The minimum absolute atomic E-state index is 0.0623. The quantitative estimate of drug-likeness (QED) is 0.797. The molecule has 3 rings (SSSR count). The molecule has 2 atom stereocenters. The third-order valence-electron chi connectivity index (χ3n) is 4.32. The van der Waals surface area contributed by atoms with Crippen LogP contribution in [-0.4, -0.2) is 29.0 Å². The molecule has 1 aliphatic heterocycles. The summed E-state index contributed by atoms with van der Waals surface area (Å²) in [5.41, 5.74) is 1.58. The van der Waals surface area contributed by atoms with Gasteiger partial charge in [-0.3, -0.25) is 4.79 Å². The van der Waals surface area contributed by atoms with E-state index in [-0.39, 0.29) is 17.2 Å². The van der Waals surface area contributed by atoms with Crippen LogP contribution in [-0.2, 0) is 14.9 Å². The van der Waals surface area contributed by atoms with E-state index >= 15 is 0 Å². The molecule has 1 aliphatic carbocycles. The predicted molar refractivity (Wildman–Crippen MR) is 78.9 cm³/mol. The Bertz CT molecular complexity index is 599. The summed E-state index contributed by atoms with van der Waals surface area (Å²) in [6.45, 7) is 7.90. The number of hydrogen-bond acceptors (Lipinski definition) is 3. The average molecular weight is 287 g/mol. The third kappa shape index (κ3) is 2.33. The van der Waals surface area contributed by atoms with Gasteiger partial charge in [0.15, 0.2) is 0 Å². The fourth-order valence-corrected chi connectivity index (χ4v) is 3.12.